The molecule has 0 bridgehead atoms. The largest absolute Gasteiger partial charge is 0.416 e. The summed E-state index contributed by atoms with van der Waals surface area (Å²) in [4.78, 5) is 6.31. The number of nitrogens with zero attached hydrogens (tertiary/aromatic N) is 5. The Morgan fingerprint density at radius 3 is 2.27 bits per heavy atom. The van der Waals surface area contributed by atoms with Gasteiger partial charge in [-0.25, -0.2) is 0 Å². The van der Waals surface area contributed by atoms with Crippen molar-refractivity contribution in [3.8, 4) is 11.1 Å². The Morgan fingerprint density at radius 2 is 1.70 bits per heavy atom. The minimum atomic E-state index is -4.34. The minimum absolute atomic E-state index is 0.0188. The number of nitrogens with one attached hydrogen (secondary N) is 2. The van der Waals surface area contributed by atoms with Gasteiger partial charge in [-0.3, -0.25) is 15.2 Å². The second-order valence-electron chi connectivity index (χ2n) is 8.18. The number of allylic oxidation sites excluding steroid dienone is 1. The number of rotatable bonds is 7. The highest BCUT2D eigenvalue weighted by Crippen LogP contribution is 2.32. The second-order valence-corrected chi connectivity index (χ2v) is 8.18. The summed E-state index contributed by atoms with van der Waals surface area (Å²) in [6, 6.07) is 13.0. The van der Waals surface area contributed by atoms with Crippen LogP contribution in [0.15, 0.2) is 65.8 Å². The number of hydrogen-bond acceptors (Lipinski definition) is 6. The molecular weight excluding hydrogens is 431 g/mol. The van der Waals surface area contributed by atoms with Gasteiger partial charge in [0.05, 0.1) is 5.56 Å². The average Bonchev–Trinajstić information content (AvgIpc) is 3.33. The number of hydrogen-bond donors (Lipinski definition) is 2. The van der Waals surface area contributed by atoms with Crippen molar-refractivity contribution in [1.29, 1.82) is 0 Å². The zero-order valence-electron chi connectivity index (χ0n) is 18.2. The molecular formula is C23H24F3N7. The van der Waals surface area contributed by atoms with Crippen LogP contribution < -0.4 is 10.2 Å². The lowest BCUT2D eigenvalue weighted by atomic mass is 9.94. The van der Waals surface area contributed by atoms with Crippen molar-refractivity contribution in [3.05, 3.63) is 71.9 Å². The van der Waals surface area contributed by atoms with Gasteiger partial charge in [0, 0.05) is 18.5 Å². The van der Waals surface area contributed by atoms with E-state index in [2.05, 4.69) is 44.8 Å². The van der Waals surface area contributed by atoms with Crippen LogP contribution in [0.3, 0.4) is 0 Å². The maximum Gasteiger partial charge on any atom is 0.416 e. The lowest BCUT2D eigenvalue weighted by Crippen LogP contribution is -2.45. The third-order valence-corrected chi connectivity index (χ3v) is 5.30. The molecule has 172 valence electrons. The zero-order chi connectivity index (χ0) is 23.4. The van der Waals surface area contributed by atoms with Crippen molar-refractivity contribution in [2.24, 2.45) is 10.9 Å². The molecule has 0 fully saturated rings. The van der Waals surface area contributed by atoms with Gasteiger partial charge >= 0.3 is 6.18 Å². The number of aromatic amines is 1. The normalized spacial score (nSPS) is 17.0. The van der Waals surface area contributed by atoms with Crippen LogP contribution in [0.5, 0.6) is 0 Å². The molecule has 2 atom stereocenters. The van der Waals surface area contributed by atoms with Crippen molar-refractivity contribution in [1.82, 2.24) is 25.9 Å². The first kappa shape index (κ1) is 22.7. The first-order chi connectivity index (χ1) is 15.8. The summed E-state index contributed by atoms with van der Waals surface area (Å²) in [6.07, 6.45) is 1.44. The Bertz CT molecular complexity index is 1090. The van der Waals surface area contributed by atoms with Gasteiger partial charge in [-0.1, -0.05) is 55.3 Å². The monoisotopic (exact) mass is 455 g/mol. The number of anilines is 1. The summed E-state index contributed by atoms with van der Waals surface area (Å²) in [7, 11) is 0. The van der Waals surface area contributed by atoms with Crippen molar-refractivity contribution in [2.75, 3.05) is 4.90 Å². The number of aromatic nitrogens is 4. The first-order valence-corrected chi connectivity index (χ1v) is 10.6. The summed E-state index contributed by atoms with van der Waals surface area (Å²) in [5, 5.41) is 17.7. The number of aliphatic imine (C=N–C) groups is 1. The van der Waals surface area contributed by atoms with Crippen LogP contribution in [0.4, 0.5) is 19.1 Å². The Labute approximate surface area is 189 Å². The van der Waals surface area contributed by atoms with E-state index in [4.69, 9.17) is 0 Å². The van der Waals surface area contributed by atoms with Gasteiger partial charge in [0.1, 0.15) is 0 Å². The minimum Gasteiger partial charge on any atom is -0.279 e. The van der Waals surface area contributed by atoms with Crippen LogP contribution in [-0.2, 0) is 6.18 Å². The number of tetrazole rings is 1. The molecule has 2 aromatic carbocycles. The molecule has 3 aromatic rings. The van der Waals surface area contributed by atoms with E-state index in [1.54, 1.807) is 17.2 Å². The molecule has 1 aliphatic rings. The van der Waals surface area contributed by atoms with Crippen molar-refractivity contribution < 1.29 is 13.2 Å². The molecule has 0 amide bonds. The van der Waals surface area contributed by atoms with Gasteiger partial charge in [-0.05, 0) is 52.5 Å². The van der Waals surface area contributed by atoms with E-state index in [-0.39, 0.29) is 6.04 Å². The van der Waals surface area contributed by atoms with Crippen LogP contribution in [0.25, 0.3) is 11.1 Å². The predicted octanol–water partition coefficient (Wildman–Crippen LogP) is 4.95. The fourth-order valence-corrected chi connectivity index (χ4v) is 3.69. The molecule has 33 heavy (non-hydrogen) atoms. The zero-order valence-corrected chi connectivity index (χ0v) is 18.2. The molecule has 0 spiro atoms. The molecule has 10 heteroatoms. The SMILES string of the molecule is CC(C)CC(NC1N=CC=CN1c1nn[nH]n1)c1ccc(-c2ccc(C(F)(F)F)cc2)cc1. The summed E-state index contributed by atoms with van der Waals surface area (Å²) < 4.78 is 38.5. The van der Waals surface area contributed by atoms with Gasteiger partial charge in [0.25, 0.3) is 5.95 Å². The highest BCUT2D eigenvalue weighted by molar-refractivity contribution is 5.74. The van der Waals surface area contributed by atoms with E-state index < -0.39 is 18.0 Å². The molecule has 0 saturated carbocycles. The van der Waals surface area contributed by atoms with Crippen LogP contribution in [0, 0.1) is 5.92 Å². The van der Waals surface area contributed by atoms with Crippen LogP contribution in [0.2, 0.25) is 0 Å². The number of alkyl halides is 3. The van der Waals surface area contributed by atoms with E-state index >= 15 is 0 Å². The fourth-order valence-electron chi connectivity index (χ4n) is 3.69. The molecule has 1 aromatic heterocycles. The first-order valence-electron chi connectivity index (χ1n) is 10.6. The van der Waals surface area contributed by atoms with Gasteiger partial charge in [0.15, 0.2) is 6.29 Å². The Morgan fingerprint density at radius 1 is 1.03 bits per heavy atom. The molecule has 2 heterocycles. The van der Waals surface area contributed by atoms with E-state index in [0.717, 1.165) is 35.2 Å². The average molecular weight is 455 g/mol. The standard InChI is InChI=1S/C23H24F3N7/c1-15(2)14-20(28-21-27-12-3-13-33(21)22-29-31-32-30-22)18-6-4-16(5-7-18)17-8-10-19(11-9-17)23(24,25)26/h3-13,15,20-21,28H,14H2,1-2H3,(H,29,30,31,32). The maximum atomic E-state index is 12.8. The highest BCUT2D eigenvalue weighted by atomic mass is 19.4. The lowest BCUT2D eigenvalue weighted by molar-refractivity contribution is -0.137. The summed E-state index contributed by atoms with van der Waals surface area (Å²) in [5.41, 5.74) is 1.98. The third-order valence-electron chi connectivity index (χ3n) is 5.30. The van der Waals surface area contributed by atoms with E-state index in [1.165, 1.54) is 12.1 Å². The molecule has 0 saturated heterocycles. The Balaban J connectivity index is 1.54. The third kappa shape index (κ3) is 5.46. The van der Waals surface area contributed by atoms with Crippen LogP contribution in [0.1, 0.15) is 37.4 Å². The Hall–Kier alpha value is -3.53. The highest BCUT2D eigenvalue weighted by Gasteiger charge is 2.30. The molecule has 2 N–H and O–H groups in total. The number of halogens is 3. The van der Waals surface area contributed by atoms with E-state index in [9.17, 15) is 13.2 Å². The van der Waals surface area contributed by atoms with Gasteiger partial charge < -0.3 is 0 Å². The molecule has 2 unspecified atom stereocenters. The molecule has 0 radical (unpaired) electrons. The Kier molecular flexibility index (Phi) is 6.55. The van der Waals surface area contributed by atoms with E-state index in [1.807, 2.05) is 30.5 Å². The fraction of sp³-hybridized carbons (Fsp3) is 0.304. The van der Waals surface area contributed by atoms with Gasteiger partial charge in [-0.15, -0.1) is 5.10 Å². The van der Waals surface area contributed by atoms with Gasteiger partial charge in [0.2, 0.25) is 0 Å². The lowest BCUT2D eigenvalue weighted by Gasteiger charge is -2.31. The summed E-state index contributed by atoms with van der Waals surface area (Å²) in [5.74, 6) is 0.820. The molecule has 7 nitrogen and oxygen atoms in total. The van der Waals surface area contributed by atoms with Crippen molar-refractivity contribution >= 4 is 12.2 Å². The number of H-pyrrole nitrogens is 1. The van der Waals surface area contributed by atoms with Crippen molar-refractivity contribution in [3.63, 3.8) is 0 Å². The van der Waals surface area contributed by atoms with Gasteiger partial charge in [-0.2, -0.15) is 18.4 Å². The molecule has 0 aliphatic carbocycles. The molecule has 4 rings (SSSR count). The quantitative estimate of drug-likeness (QED) is 0.527. The van der Waals surface area contributed by atoms with E-state index in [0.29, 0.717) is 11.9 Å². The predicted molar refractivity (Wildman–Crippen MR) is 120 cm³/mol. The smallest absolute Gasteiger partial charge is 0.279 e. The topological polar surface area (TPSA) is 82.1 Å². The van der Waals surface area contributed by atoms with Crippen molar-refractivity contribution in [2.45, 2.75) is 38.8 Å². The maximum absolute atomic E-state index is 12.8. The number of benzene rings is 2. The summed E-state index contributed by atoms with van der Waals surface area (Å²) in [6.45, 7) is 4.29. The summed E-state index contributed by atoms with van der Waals surface area (Å²) >= 11 is 0. The molecule has 1 aliphatic heterocycles. The van der Waals surface area contributed by atoms with Crippen LogP contribution >= 0.6 is 0 Å². The van der Waals surface area contributed by atoms with Crippen LogP contribution in [-0.4, -0.2) is 33.1 Å². The second kappa shape index (κ2) is 9.53.